The molecule has 10 heteroatoms. The van der Waals surface area contributed by atoms with Crippen molar-refractivity contribution in [1.29, 1.82) is 0 Å². The third-order valence-corrected chi connectivity index (χ3v) is 6.45. The molecule has 4 heterocycles. The van der Waals surface area contributed by atoms with Crippen molar-refractivity contribution in [1.82, 2.24) is 30.0 Å². The van der Waals surface area contributed by atoms with E-state index < -0.39 is 5.82 Å². The molecule has 6 rings (SSSR count). The van der Waals surface area contributed by atoms with Crippen LogP contribution in [0.4, 0.5) is 21.8 Å². The number of H-pyrrole nitrogens is 2. The van der Waals surface area contributed by atoms with E-state index >= 15 is 0 Å². The molecule has 0 saturated carbocycles. The van der Waals surface area contributed by atoms with E-state index in [-0.39, 0.29) is 11.8 Å². The first kappa shape index (κ1) is 23.0. The lowest BCUT2D eigenvalue weighted by molar-refractivity contribution is 0.311. The van der Waals surface area contributed by atoms with E-state index in [9.17, 15) is 4.39 Å². The fourth-order valence-electron chi connectivity index (χ4n) is 4.46. The quantitative estimate of drug-likeness (QED) is 0.300. The van der Waals surface area contributed by atoms with Crippen molar-refractivity contribution in [3.63, 3.8) is 0 Å². The van der Waals surface area contributed by atoms with E-state index in [1.165, 1.54) is 6.07 Å². The third kappa shape index (κ3) is 4.96. The van der Waals surface area contributed by atoms with Gasteiger partial charge in [0, 0.05) is 61.0 Å². The van der Waals surface area contributed by atoms with Crippen molar-refractivity contribution in [3.8, 4) is 23.0 Å². The van der Waals surface area contributed by atoms with Gasteiger partial charge in [-0.1, -0.05) is 30.3 Å². The summed E-state index contributed by atoms with van der Waals surface area (Å²) in [4.78, 5) is 16.7. The molecule has 188 valence electrons. The van der Waals surface area contributed by atoms with E-state index in [0.717, 1.165) is 48.5 Å². The average Bonchev–Trinajstić information content (AvgIpc) is 3.50. The number of nitrogens with zero attached hydrogens (tertiary/aromatic N) is 5. The molecule has 5 aromatic rings. The van der Waals surface area contributed by atoms with Crippen LogP contribution in [0.1, 0.15) is 5.69 Å². The summed E-state index contributed by atoms with van der Waals surface area (Å²) in [5.74, 6) is 1.39. The van der Waals surface area contributed by atoms with Gasteiger partial charge in [0.15, 0.2) is 17.4 Å². The second kappa shape index (κ2) is 9.55. The summed E-state index contributed by atoms with van der Waals surface area (Å²) in [7, 11) is 2.10. The zero-order chi connectivity index (χ0) is 25.4. The number of anilines is 3. The highest BCUT2D eigenvalue weighted by Gasteiger charge is 2.19. The number of aromatic amines is 2. The highest BCUT2D eigenvalue weighted by molar-refractivity contribution is 5.82. The number of aryl methyl sites for hydroxylation is 1. The number of benzene rings is 2. The van der Waals surface area contributed by atoms with Crippen LogP contribution < -0.4 is 15.0 Å². The standard InChI is InChI=1S/C27H27FN8O/c1-17-12-19-13-23(20(28)14-21(19)29-17)37-27-31-24(16-26(32-27)36-10-8-35(2)9-11-36)30-25-15-22(33-34-25)18-6-4-3-5-7-18/h3-7,12-16,29H,8-11H2,1-2H3,(H2,30,31,32,33,34). The molecule has 2 aromatic carbocycles. The number of rotatable bonds is 6. The summed E-state index contributed by atoms with van der Waals surface area (Å²) >= 11 is 0. The fourth-order valence-corrected chi connectivity index (χ4v) is 4.46. The molecule has 1 aliphatic heterocycles. The molecule has 9 nitrogen and oxygen atoms in total. The Hall–Kier alpha value is -4.44. The highest BCUT2D eigenvalue weighted by atomic mass is 19.1. The minimum atomic E-state index is -0.489. The van der Waals surface area contributed by atoms with Crippen molar-refractivity contribution in [2.24, 2.45) is 0 Å². The lowest BCUT2D eigenvalue weighted by atomic mass is 10.2. The molecular formula is C27H27FN8O. The van der Waals surface area contributed by atoms with Gasteiger partial charge in [0.25, 0.3) is 0 Å². The summed E-state index contributed by atoms with van der Waals surface area (Å²) in [6.07, 6.45) is 0. The summed E-state index contributed by atoms with van der Waals surface area (Å²) in [6.45, 7) is 5.39. The predicted octanol–water partition coefficient (Wildman–Crippen LogP) is 5.08. The Balaban J connectivity index is 1.32. The Labute approximate surface area is 213 Å². The molecule has 0 atom stereocenters. The van der Waals surface area contributed by atoms with Gasteiger partial charge >= 0.3 is 6.01 Å². The number of likely N-dealkylation sites (N-methyl/N-ethyl adjacent to an activating group) is 1. The fraction of sp³-hybridized carbons (Fsp3) is 0.222. The second-order valence-corrected chi connectivity index (χ2v) is 9.27. The zero-order valence-corrected chi connectivity index (χ0v) is 20.6. The second-order valence-electron chi connectivity index (χ2n) is 9.27. The number of halogens is 1. The Bertz CT molecular complexity index is 1540. The van der Waals surface area contributed by atoms with Crippen molar-refractivity contribution in [2.45, 2.75) is 6.92 Å². The number of fused-ring (bicyclic) bond motifs is 1. The molecular weight excluding hydrogens is 471 g/mol. The molecule has 1 fully saturated rings. The molecule has 0 radical (unpaired) electrons. The lowest BCUT2D eigenvalue weighted by Gasteiger charge is -2.33. The van der Waals surface area contributed by atoms with Crippen LogP contribution in [0.25, 0.3) is 22.2 Å². The van der Waals surface area contributed by atoms with Gasteiger partial charge in [-0.15, -0.1) is 0 Å². The summed E-state index contributed by atoms with van der Waals surface area (Å²) < 4.78 is 20.8. The maximum atomic E-state index is 14.9. The molecule has 37 heavy (non-hydrogen) atoms. The summed E-state index contributed by atoms with van der Waals surface area (Å²) in [5.41, 5.74) is 3.56. The number of hydrogen-bond acceptors (Lipinski definition) is 7. The first-order valence-corrected chi connectivity index (χ1v) is 12.2. The maximum absolute atomic E-state index is 14.9. The van der Waals surface area contributed by atoms with Crippen LogP contribution in [-0.4, -0.2) is 63.3 Å². The topological polar surface area (TPSA) is 98.0 Å². The van der Waals surface area contributed by atoms with Crippen molar-refractivity contribution >= 4 is 28.4 Å². The number of hydrogen-bond donors (Lipinski definition) is 3. The lowest BCUT2D eigenvalue weighted by Crippen LogP contribution is -2.44. The van der Waals surface area contributed by atoms with Crippen molar-refractivity contribution < 1.29 is 9.13 Å². The Morgan fingerprint density at radius 2 is 1.76 bits per heavy atom. The average molecular weight is 499 g/mol. The number of ether oxygens (including phenoxy) is 1. The van der Waals surface area contributed by atoms with E-state index in [2.05, 4.69) is 47.3 Å². The van der Waals surface area contributed by atoms with Gasteiger partial charge in [0.1, 0.15) is 11.6 Å². The Morgan fingerprint density at radius 3 is 2.57 bits per heavy atom. The zero-order valence-electron chi connectivity index (χ0n) is 20.6. The van der Waals surface area contributed by atoms with Crippen LogP contribution in [-0.2, 0) is 0 Å². The van der Waals surface area contributed by atoms with Gasteiger partial charge in [-0.25, -0.2) is 4.39 Å². The molecule has 3 aromatic heterocycles. The summed E-state index contributed by atoms with van der Waals surface area (Å²) in [5, 5.41) is 11.5. The maximum Gasteiger partial charge on any atom is 0.326 e. The smallest absolute Gasteiger partial charge is 0.326 e. The van der Waals surface area contributed by atoms with E-state index in [1.807, 2.05) is 55.5 Å². The Kier molecular flexibility index (Phi) is 5.93. The van der Waals surface area contributed by atoms with Crippen molar-refractivity contribution in [2.75, 3.05) is 43.4 Å². The molecule has 0 amide bonds. The van der Waals surface area contributed by atoms with Gasteiger partial charge in [-0.3, -0.25) is 5.10 Å². The first-order valence-electron chi connectivity index (χ1n) is 12.2. The molecule has 0 aliphatic carbocycles. The minimum Gasteiger partial charge on any atom is -0.421 e. The number of nitrogens with one attached hydrogen (secondary N) is 3. The van der Waals surface area contributed by atoms with Crippen LogP contribution in [0.15, 0.2) is 60.7 Å². The Morgan fingerprint density at radius 1 is 0.946 bits per heavy atom. The van der Waals surface area contributed by atoms with Crippen molar-refractivity contribution in [3.05, 3.63) is 72.2 Å². The molecule has 0 spiro atoms. The van der Waals surface area contributed by atoms with E-state index in [0.29, 0.717) is 23.0 Å². The first-order chi connectivity index (χ1) is 18.0. The highest BCUT2D eigenvalue weighted by Crippen LogP contribution is 2.31. The summed E-state index contributed by atoms with van der Waals surface area (Å²) in [6, 6.07) is 18.8. The molecule has 0 bridgehead atoms. The number of piperazine rings is 1. The van der Waals surface area contributed by atoms with E-state index in [4.69, 9.17) is 4.74 Å². The molecule has 3 N–H and O–H groups in total. The van der Waals surface area contributed by atoms with Gasteiger partial charge < -0.3 is 24.8 Å². The SMILES string of the molecule is Cc1cc2cc(Oc3nc(Nc4cc(-c5ccccc5)[nH]n4)cc(N4CCN(C)CC4)n3)c(F)cc2[nH]1. The monoisotopic (exact) mass is 498 g/mol. The van der Waals surface area contributed by atoms with Crippen LogP contribution in [0.2, 0.25) is 0 Å². The third-order valence-electron chi connectivity index (χ3n) is 6.45. The van der Waals surface area contributed by atoms with Gasteiger partial charge in [0.2, 0.25) is 0 Å². The van der Waals surface area contributed by atoms with Gasteiger partial charge in [-0.05, 0) is 31.7 Å². The van der Waals surface area contributed by atoms with E-state index in [1.54, 1.807) is 6.07 Å². The number of aromatic nitrogens is 5. The predicted molar refractivity (Wildman–Crippen MR) is 142 cm³/mol. The molecule has 0 unspecified atom stereocenters. The van der Waals surface area contributed by atoms with Crippen LogP contribution >= 0.6 is 0 Å². The van der Waals surface area contributed by atoms with Crippen LogP contribution in [0, 0.1) is 12.7 Å². The minimum absolute atomic E-state index is 0.0586. The van der Waals surface area contributed by atoms with Gasteiger partial charge in [0.05, 0.1) is 5.69 Å². The largest absolute Gasteiger partial charge is 0.421 e. The molecule has 1 saturated heterocycles. The normalized spacial score (nSPS) is 14.3. The van der Waals surface area contributed by atoms with Crippen LogP contribution in [0.5, 0.6) is 11.8 Å². The molecule has 1 aliphatic rings. The van der Waals surface area contributed by atoms with Gasteiger partial charge in [-0.2, -0.15) is 15.1 Å². The van der Waals surface area contributed by atoms with Crippen LogP contribution in [0.3, 0.4) is 0 Å².